The van der Waals surface area contributed by atoms with Crippen molar-refractivity contribution >= 4 is 11.6 Å². The number of hydrogen-bond acceptors (Lipinski definition) is 0. The molecule has 0 aliphatic heterocycles. The van der Waals surface area contributed by atoms with Crippen LogP contribution in [0.15, 0.2) is 24.3 Å². The minimum absolute atomic E-state index is 0.380. The third-order valence-electron chi connectivity index (χ3n) is 3.25. The summed E-state index contributed by atoms with van der Waals surface area (Å²) in [5.41, 5.74) is 1.79. The van der Waals surface area contributed by atoms with E-state index in [4.69, 9.17) is 11.6 Å². The van der Waals surface area contributed by atoms with Gasteiger partial charge in [-0.05, 0) is 42.4 Å². The second-order valence-electron chi connectivity index (χ2n) is 3.89. The van der Waals surface area contributed by atoms with Crippen LogP contribution in [0, 0.1) is 6.92 Å². The van der Waals surface area contributed by atoms with Crippen molar-refractivity contribution in [3.05, 3.63) is 41.8 Å². The minimum Gasteiger partial charge on any atom is -0.0843 e. The predicted octanol–water partition coefficient (Wildman–Crippen LogP) is 3.99. The van der Waals surface area contributed by atoms with Gasteiger partial charge in [-0.1, -0.05) is 37.1 Å². The fourth-order valence-electron chi connectivity index (χ4n) is 2.09. The van der Waals surface area contributed by atoms with E-state index in [1.165, 1.54) is 24.8 Å². The van der Waals surface area contributed by atoms with Gasteiger partial charge in [-0.25, -0.2) is 0 Å². The average molecular weight is 194 g/mol. The van der Waals surface area contributed by atoms with Crippen LogP contribution < -0.4 is 0 Å². The Morgan fingerprint density at radius 1 is 1.23 bits per heavy atom. The van der Waals surface area contributed by atoms with E-state index in [1.54, 1.807) is 0 Å². The molecule has 2 rings (SSSR count). The Morgan fingerprint density at radius 2 is 1.85 bits per heavy atom. The van der Waals surface area contributed by atoms with E-state index < -0.39 is 0 Å². The zero-order valence-electron chi connectivity index (χ0n) is 7.72. The molecule has 1 aromatic carbocycles. The van der Waals surface area contributed by atoms with E-state index in [9.17, 15) is 0 Å². The molecule has 1 fully saturated rings. The molecule has 0 bridgehead atoms. The molecule has 13 heavy (non-hydrogen) atoms. The Hall–Kier alpha value is -0.490. The van der Waals surface area contributed by atoms with E-state index >= 15 is 0 Å². The lowest BCUT2D eigenvalue weighted by molar-refractivity contribution is 0.245. The molecule has 0 N–H and O–H groups in total. The average Bonchev–Trinajstić information content (AvgIpc) is 2.07. The molecule has 1 heteroatoms. The highest BCUT2D eigenvalue weighted by atomic mass is 35.5. The van der Waals surface area contributed by atoms with E-state index in [1.807, 2.05) is 12.1 Å². The van der Waals surface area contributed by atoms with Crippen LogP contribution in [0.2, 0.25) is 5.02 Å². The summed E-state index contributed by atoms with van der Waals surface area (Å²) in [7, 11) is 0. The van der Waals surface area contributed by atoms with Crippen molar-refractivity contribution in [3.63, 3.8) is 0 Å². The third kappa shape index (κ3) is 1.48. The van der Waals surface area contributed by atoms with Gasteiger partial charge in [-0.15, -0.1) is 0 Å². The van der Waals surface area contributed by atoms with Crippen molar-refractivity contribution in [1.29, 1.82) is 0 Å². The first kappa shape index (κ1) is 9.08. The molecule has 0 atom stereocenters. The summed E-state index contributed by atoms with van der Waals surface area (Å²) in [6, 6.07) is 8.25. The first-order valence-electron chi connectivity index (χ1n) is 4.82. The Balaban J connectivity index is 2.28. The molecule has 0 amide bonds. The number of benzene rings is 1. The number of halogens is 1. The molecule has 0 spiro atoms. The van der Waals surface area contributed by atoms with Crippen LogP contribution in [0.25, 0.3) is 0 Å². The molecular weight excluding hydrogens is 180 g/mol. The zero-order valence-corrected chi connectivity index (χ0v) is 8.48. The maximum absolute atomic E-state index is 5.85. The van der Waals surface area contributed by atoms with Gasteiger partial charge in [0.2, 0.25) is 0 Å². The van der Waals surface area contributed by atoms with Crippen molar-refractivity contribution < 1.29 is 0 Å². The highest BCUT2D eigenvalue weighted by Crippen LogP contribution is 2.46. The Labute approximate surface area is 84.9 Å². The van der Waals surface area contributed by atoms with Gasteiger partial charge in [0.15, 0.2) is 0 Å². The maximum Gasteiger partial charge on any atom is 0.0406 e. The Kier molecular flexibility index (Phi) is 2.33. The third-order valence-corrected chi connectivity index (χ3v) is 3.50. The lowest BCUT2D eigenvalue weighted by Gasteiger charge is -2.41. The van der Waals surface area contributed by atoms with Gasteiger partial charge in [-0.3, -0.25) is 0 Å². The van der Waals surface area contributed by atoms with E-state index in [-0.39, 0.29) is 0 Å². The molecule has 0 aromatic heterocycles. The smallest absolute Gasteiger partial charge is 0.0406 e. The van der Waals surface area contributed by atoms with Crippen molar-refractivity contribution in [2.24, 2.45) is 0 Å². The molecule has 1 aliphatic rings. The molecule has 1 radical (unpaired) electrons. The van der Waals surface area contributed by atoms with Gasteiger partial charge < -0.3 is 0 Å². The van der Waals surface area contributed by atoms with E-state index in [0.717, 1.165) is 11.4 Å². The first-order valence-corrected chi connectivity index (χ1v) is 5.20. The summed E-state index contributed by atoms with van der Waals surface area (Å²) in [5.74, 6) is 0. The number of rotatable bonds is 2. The largest absolute Gasteiger partial charge is 0.0843 e. The lowest BCUT2D eigenvalue weighted by atomic mass is 9.63. The quantitative estimate of drug-likeness (QED) is 0.667. The van der Waals surface area contributed by atoms with Gasteiger partial charge in [0.25, 0.3) is 0 Å². The van der Waals surface area contributed by atoms with E-state index in [2.05, 4.69) is 19.1 Å². The summed E-state index contributed by atoms with van der Waals surface area (Å²) in [4.78, 5) is 0. The molecule has 1 aromatic rings. The topological polar surface area (TPSA) is 0 Å². The Bertz CT molecular complexity index is 277. The fourth-order valence-corrected chi connectivity index (χ4v) is 2.22. The molecule has 1 saturated carbocycles. The normalized spacial score (nSPS) is 19.5. The summed E-state index contributed by atoms with van der Waals surface area (Å²) in [6.07, 6.45) is 4.93. The summed E-state index contributed by atoms with van der Waals surface area (Å²) >= 11 is 5.85. The zero-order chi connectivity index (χ0) is 9.31. The second kappa shape index (κ2) is 3.34. The molecule has 0 unspecified atom stereocenters. The first-order chi connectivity index (χ1) is 6.27. The van der Waals surface area contributed by atoms with Crippen LogP contribution in [0.4, 0.5) is 0 Å². The maximum atomic E-state index is 5.85. The fraction of sp³-hybridized carbons (Fsp3) is 0.417. The molecule has 69 valence electrons. The molecular formula is C12H14Cl. The number of hydrogen-bond donors (Lipinski definition) is 0. The summed E-state index contributed by atoms with van der Waals surface area (Å²) < 4.78 is 0. The van der Waals surface area contributed by atoms with Crippen LogP contribution in [0.5, 0.6) is 0 Å². The highest BCUT2D eigenvalue weighted by molar-refractivity contribution is 6.30. The van der Waals surface area contributed by atoms with Gasteiger partial charge >= 0.3 is 0 Å². The highest BCUT2D eigenvalue weighted by Gasteiger charge is 2.36. The Morgan fingerprint density at radius 3 is 2.23 bits per heavy atom. The lowest BCUT2D eigenvalue weighted by Crippen LogP contribution is -2.33. The predicted molar refractivity (Wildman–Crippen MR) is 57.0 cm³/mol. The summed E-state index contributed by atoms with van der Waals surface area (Å²) in [5, 5.41) is 0.822. The summed E-state index contributed by atoms with van der Waals surface area (Å²) in [6.45, 7) is 4.05. The second-order valence-corrected chi connectivity index (χ2v) is 4.33. The molecule has 0 nitrogen and oxygen atoms in total. The van der Waals surface area contributed by atoms with Crippen LogP contribution in [-0.2, 0) is 5.41 Å². The van der Waals surface area contributed by atoms with Crippen molar-refractivity contribution in [1.82, 2.24) is 0 Å². The minimum atomic E-state index is 0.380. The van der Waals surface area contributed by atoms with Crippen LogP contribution >= 0.6 is 11.6 Å². The van der Waals surface area contributed by atoms with Crippen molar-refractivity contribution in [3.8, 4) is 0 Å². The van der Waals surface area contributed by atoms with Gasteiger partial charge in [0.05, 0.1) is 0 Å². The van der Waals surface area contributed by atoms with Crippen LogP contribution in [0.1, 0.15) is 31.2 Å². The van der Waals surface area contributed by atoms with Gasteiger partial charge in [-0.2, -0.15) is 0 Å². The monoisotopic (exact) mass is 193 g/mol. The molecule has 0 saturated heterocycles. The van der Waals surface area contributed by atoms with E-state index in [0.29, 0.717) is 5.41 Å². The van der Waals surface area contributed by atoms with Gasteiger partial charge in [0.1, 0.15) is 0 Å². The van der Waals surface area contributed by atoms with Crippen molar-refractivity contribution in [2.45, 2.75) is 31.1 Å². The van der Waals surface area contributed by atoms with Crippen LogP contribution in [-0.4, -0.2) is 0 Å². The molecule has 1 aliphatic carbocycles. The van der Waals surface area contributed by atoms with Gasteiger partial charge in [0, 0.05) is 5.02 Å². The van der Waals surface area contributed by atoms with Crippen LogP contribution in [0.3, 0.4) is 0 Å². The standard InChI is InChI=1S/C12H14Cl/c1-2-12(8-3-9-12)10-4-6-11(13)7-5-10/h4-7H,1-3,8-9H2. The van der Waals surface area contributed by atoms with Crippen molar-refractivity contribution in [2.75, 3.05) is 0 Å². The molecule has 0 heterocycles. The SMILES string of the molecule is [CH2]CC1(c2ccc(Cl)cc2)CCC1.